The van der Waals surface area contributed by atoms with Gasteiger partial charge in [0.15, 0.2) is 0 Å². The predicted molar refractivity (Wildman–Crippen MR) is 36.2 cm³/mol. The standard InChI is InChI=1S/C7H14FN/c1-6-3-7(8)5-9(2)4-6/h6-7H,3-5H2,1-2H3/t6?,7-/m1/s1. The Balaban J connectivity index is 2.34. The zero-order valence-electron chi connectivity index (χ0n) is 6.10. The molecule has 1 saturated heterocycles. The second-order valence-corrected chi connectivity index (χ2v) is 3.16. The van der Waals surface area contributed by atoms with Crippen molar-refractivity contribution in [3.63, 3.8) is 0 Å². The highest BCUT2D eigenvalue weighted by atomic mass is 19.1. The molecule has 0 aromatic carbocycles. The molecule has 2 atom stereocenters. The predicted octanol–water partition coefficient (Wildman–Crippen LogP) is 1.30. The maximum atomic E-state index is 12.6. The molecule has 0 saturated carbocycles. The smallest absolute Gasteiger partial charge is 0.113 e. The van der Waals surface area contributed by atoms with Crippen LogP contribution in [0.2, 0.25) is 0 Å². The maximum absolute atomic E-state index is 12.6. The van der Waals surface area contributed by atoms with Crippen molar-refractivity contribution in [1.82, 2.24) is 4.90 Å². The summed E-state index contributed by atoms with van der Waals surface area (Å²) in [4.78, 5) is 2.05. The zero-order valence-corrected chi connectivity index (χ0v) is 6.10. The van der Waals surface area contributed by atoms with Gasteiger partial charge >= 0.3 is 0 Å². The highest BCUT2D eigenvalue weighted by molar-refractivity contribution is 4.73. The molecular weight excluding hydrogens is 117 g/mol. The summed E-state index contributed by atoms with van der Waals surface area (Å²) in [6, 6.07) is 0. The van der Waals surface area contributed by atoms with E-state index in [1.165, 1.54) is 0 Å². The molecule has 1 heterocycles. The van der Waals surface area contributed by atoms with Gasteiger partial charge in [0.25, 0.3) is 0 Å². The third-order valence-electron chi connectivity index (χ3n) is 1.79. The first kappa shape index (κ1) is 7.00. The first-order chi connectivity index (χ1) is 4.18. The van der Waals surface area contributed by atoms with Crippen molar-refractivity contribution in [2.75, 3.05) is 20.1 Å². The lowest BCUT2D eigenvalue weighted by atomic mass is 10.00. The summed E-state index contributed by atoms with van der Waals surface area (Å²) in [6.45, 7) is 3.78. The Morgan fingerprint density at radius 2 is 2.11 bits per heavy atom. The lowest BCUT2D eigenvalue weighted by Crippen LogP contribution is -2.37. The van der Waals surface area contributed by atoms with Crippen LogP contribution in [0, 0.1) is 5.92 Å². The molecule has 1 fully saturated rings. The van der Waals surface area contributed by atoms with Gasteiger partial charge < -0.3 is 4.90 Å². The molecule has 1 rings (SSSR count). The van der Waals surface area contributed by atoms with E-state index in [0.717, 1.165) is 13.0 Å². The zero-order chi connectivity index (χ0) is 6.85. The quantitative estimate of drug-likeness (QED) is 0.479. The molecule has 0 aromatic rings. The average molecular weight is 131 g/mol. The summed E-state index contributed by atoms with van der Waals surface area (Å²) < 4.78 is 12.6. The second kappa shape index (κ2) is 2.65. The fraction of sp³-hybridized carbons (Fsp3) is 1.00. The third-order valence-corrected chi connectivity index (χ3v) is 1.79. The Bertz CT molecular complexity index is 69.9. The van der Waals surface area contributed by atoms with Crippen LogP contribution in [-0.4, -0.2) is 31.2 Å². The maximum Gasteiger partial charge on any atom is 0.113 e. The number of likely N-dealkylation sites (tertiary alicyclic amines) is 1. The van der Waals surface area contributed by atoms with E-state index >= 15 is 0 Å². The van der Waals surface area contributed by atoms with Gasteiger partial charge in [-0.25, -0.2) is 4.39 Å². The van der Waals surface area contributed by atoms with E-state index in [0.29, 0.717) is 12.5 Å². The van der Waals surface area contributed by atoms with E-state index in [1.54, 1.807) is 0 Å². The number of alkyl halides is 1. The molecule has 1 aliphatic rings. The van der Waals surface area contributed by atoms with Crippen molar-refractivity contribution in [2.24, 2.45) is 5.92 Å². The Morgan fingerprint density at radius 3 is 2.56 bits per heavy atom. The SMILES string of the molecule is CC1C[C@@H](F)CN(C)C1. The van der Waals surface area contributed by atoms with Gasteiger partial charge in [-0.1, -0.05) is 6.92 Å². The van der Waals surface area contributed by atoms with E-state index in [9.17, 15) is 4.39 Å². The molecule has 1 unspecified atom stereocenters. The molecule has 0 aliphatic carbocycles. The molecule has 0 spiro atoms. The average Bonchev–Trinajstić information content (AvgIpc) is 1.59. The second-order valence-electron chi connectivity index (χ2n) is 3.16. The number of hydrogen-bond donors (Lipinski definition) is 0. The van der Waals surface area contributed by atoms with E-state index < -0.39 is 6.17 Å². The molecule has 0 bridgehead atoms. The highest BCUT2D eigenvalue weighted by Crippen LogP contribution is 2.16. The minimum atomic E-state index is -0.584. The summed E-state index contributed by atoms with van der Waals surface area (Å²) >= 11 is 0. The van der Waals surface area contributed by atoms with Crippen LogP contribution in [0.4, 0.5) is 4.39 Å². The minimum absolute atomic E-state index is 0.541. The van der Waals surface area contributed by atoms with Crippen LogP contribution < -0.4 is 0 Å². The van der Waals surface area contributed by atoms with Gasteiger partial charge in [-0.15, -0.1) is 0 Å². The van der Waals surface area contributed by atoms with Gasteiger partial charge in [0.1, 0.15) is 6.17 Å². The first-order valence-corrected chi connectivity index (χ1v) is 3.51. The van der Waals surface area contributed by atoms with Crippen LogP contribution >= 0.6 is 0 Å². The highest BCUT2D eigenvalue weighted by Gasteiger charge is 2.20. The van der Waals surface area contributed by atoms with Crippen molar-refractivity contribution in [1.29, 1.82) is 0 Å². The Kier molecular flexibility index (Phi) is 2.06. The molecule has 1 nitrogen and oxygen atoms in total. The number of piperidine rings is 1. The fourth-order valence-corrected chi connectivity index (χ4v) is 1.53. The van der Waals surface area contributed by atoms with E-state index in [4.69, 9.17) is 0 Å². The van der Waals surface area contributed by atoms with Crippen molar-refractivity contribution in [3.05, 3.63) is 0 Å². The van der Waals surface area contributed by atoms with Crippen molar-refractivity contribution < 1.29 is 4.39 Å². The van der Waals surface area contributed by atoms with Crippen LogP contribution in [0.1, 0.15) is 13.3 Å². The normalized spacial score (nSPS) is 39.0. The Morgan fingerprint density at radius 1 is 1.44 bits per heavy atom. The van der Waals surface area contributed by atoms with Crippen LogP contribution in [0.3, 0.4) is 0 Å². The number of nitrogens with zero attached hydrogens (tertiary/aromatic N) is 1. The van der Waals surface area contributed by atoms with Crippen molar-refractivity contribution >= 4 is 0 Å². The minimum Gasteiger partial charge on any atom is -0.303 e. The molecule has 0 amide bonds. The Labute approximate surface area is 55.8 Å². The van der Waals surface area contributed by atoms with Crippen LogP contribution in [0.25, 0.3) is 0 Å². The van der Waals surface area contributed by atoms with Crippen molar-refractivity contribution in [2.45, 2.75) is 19.5 Å². The number of hydrogen-bond acceptors (Lipinski definition) is 1. The van der Waals surface area contributed by atoms with Crippen LogP contribution in [-0.2, 0) is 0 Å². The van der Waals surface area contributed by atoms with Gasteiger partial charge in [-0.05, 0) is 19.4 Å². The van der Waals surface area contributed by atoms with Gasteiger partial charge in [0, 0.05) is 13.1 Å². The molecule has 0 N–H and O–H groups in total. The van der Waals surface area contributed by atoms with Crippen molar-refractivity contribution in [3.8, 4) is 0 Å². The van der Waals surface area contributed by atoms with Gasteiger partial charge in [-0.3, -0.25) is 0 Å². The summed E-state index contributed by atoms with van der Waals surface area (Å²) in [5.41, 5.74) is 0. The largest absolute Gasteiger partial charge is 0.303 e. The third kappa shape index (κ3) is 1.94. The fourth-order valence-electron chi connectivity index (χ4n) is 1.53. The first-order valence-electron chi connectivity index (χ1n) is 3.51. The molecule has 0 aromatic heterocycles. The lowest BCUT2D eigenvalue weighted by molar-refractivity contribution is 0.125. The van der Waals surface area contributed by atoms with Crippen LogP contribution in [0.5, 0.6) is 0 Å². The molecule has 0 radical (unpaired) electrons. The molecule has 1 aliphatic heterocycles. The summed E-state index contributed by atoms with van der Waals surface area (Å²) in [5.74, 6) is 0.541. The topological polar surface area (TPSA) is 3.24 Å². The van der Waals surface area contributed by atoms with E-state index in [2.05, 4.69) is 11.8 Å². The molecule has 2 heteroatoms. The van der Waals surface area contributed by atoms with Gasteiger partial charge in [0.05, 0.1) is 0 Å². The van der Waals surface area contributed by atoms with Gasteiger partial charge in [0.2, 0.25) is 0 Å². The van der Waals surface area contributed by atoms with Gasteiger partial charge in [-0.2, -0.15) is 0 Å². The van der Waals surface area contributed by atoms with E-state index in [-0.39, 0.29) is 0 Å². The molecule has 54 valence electrons. The summed E-state index contributed by atoms with van der Waals surface area (Å²) in [6.07, 6.45) is 0.170. The number of rotatable bonds is 0. The Hall–Kier alpha value is -0.110. The lowest BCUT2D eigenvalue weighted by Gasteiger charge is -2.29. The van der Waals surface area contributed by atoms with Crippen LogP contribution in [0.15, 0.2) is 0 Å². The van der Waals surface area contributed by atoms with E-state index in [1.807, 2.05) is 7.05 Å². The number of halogens is 1. The molecular formula is C7H14FN. The summed E-state index contributed by atoms with van der Waals surface area (Å²) in [5, 5.41) is 0. The summed E-state index contributed by atoms with van der Waals surface area (Å²) in [7, 11) is 1.97. The molecule has 9 heavy (non-hydrogen) atoms. The monoisotopic (exact) mass is 131 g/mol.